The molecule has 0 heterocycles. The fourth-order valence-corrected chi connectivity index (χ4v) is 4.20. The summed E-state index contributed by atoms with van der Waals surface area (Å²) in [5.74, 6) is 0.953. The van der Waals surface area contributed by atoms with Crippen LogP contribution in [-0.4, -0.2) is 25.0 Å². The van der Waals surface area contributed by atoms with Gasteiger partial charge in [-0.3, -0.25) is 9.59 Å². The van der Waals surface area contributed by atoms with Gasteiger partial charge in [0.2, 0.25) is 0 Å². The van der Waals surface area contributed by atoms with Gasteiger partial charge in [-0.15, -0.1) is 0 Å². The van der Waals surface area contributed by atoms with Crippen molar-refractivity contribution in [1.82, 2.24) is 0 Å². The van der Waals surface area contributed by atoms with Crippen molar-refractivity contribution < 1.29 is 19.1 Å². The van der Waals surface area contributed by atoms with Crippen LogP contribution in [0.5, 0.6) is 11.5 Å². The van der Waals surface area contributed by atoms with Gasteiger partial charge >= 0.3 is 0 Å². The highest BCUT2D eigenvalue weighted by molar-refractivity contribution is 9.10. The van der Waals surface area contributed by atoms with Crippen LogP contribution in [0.2, 0.25) is 0 Å². The van der Waals surface area contributed by atoms with Crippen molar-refractivity contribution >= 4 is 55.0 Å². The van der Waals surface area contributed by atoms with Gasteiger partial charge in [0.25, 0.3) is 11.8 Å². The molecule has 6 nitrogen and oxygen atoms in total. The lowest BCUT2D eigenvalue weighted by Gasteiger charge is -2.11. The average molecular weight is 618 g/mol. The fourth-order valence-electron chi connectivity index (χ4n) is 3.21. The molecule has 0 radical (unpaired) electrons. The first kappa shape index (κ1) is 27.7. The molecule has 0 aromatic heterocycles. The van der Waals surface area contributed by atoms with Crippen molar-refractivity contribution in [3.05, 3.63) is 80.7 Å². The molecule has 3 rings (SSSR count). The Hall–Kier alpha value is -2.84. The molecule has 0 saturated carbocycles. The van der Waals surface area contributed by atoms with E-state index in [9.17, 15) is 9.59 Å². The van der Waals surface area contributed by atoms with Crippen LogP contribution >= 0.6 is 31.9 Å². The van der Waals surface area contributed by atoms with E-state index in [0.29, 0.717) is 47.2 Å². The molecular formula is C28H30Br2N2O4. The molecule has 0 unspecified atom stereocenters. The highest BCUT2D eigenvalue weighted by atomic mass is 79.9. The number of nitrogens with one attached hydrogen (secondary N) is 2. The Morgan fingerprint density at radius 1 is 0.667 bits per heavy atom. The minimum Gasteiger partial charge on any atom is -0.492 e. The fraction of sp³-hybridized carbons (Fsp3) is 0.286. The van der Waals surface area contributed by atoms with Crippen LogP contribution in [0.3, 0.4) is 0 Å². The molecule has 0 aliphatic rings. The molecule has 3 aromatic carbocycles. The van der Waals surface area contributed by atoms with E-state index in [1.165, 1.54) is 0 Å². The number of carbonyl (C=O) groups excluding carboxylic acids is 2. The van der Waals surface area contributed by atoms with Crippen LogP contribution in [0.4, 0.5) is 11.4 Å². The van der Waals surface area contributed by atoms with E-state index >= 15 is 0 Å². The number of benzene rings is 3. The lowest BCUT2D eigenvalue weighted by molar-refractivity contribution is 0.101. The second kappa shape index (κ2) is 14.0. The third-order valence-electron chi connectivity index (χ3n) is 5.30. The molecule has 0 fully saturated rings. The van der Waals surface area contributed by atoms with E-state index in [4.69, 9.17) is 9.47 Å². The number of carbonyl (C=O) groups is 2. The molecule has 190 valence electrons. The molecule has 0 bridgehead atoms. The zero-order valence-electron chi connectivity index (χ0n) is 20.4. The van der Waals surface area contributed by atoms with E-state index < -0.39 is 0 Å². The number of ether oxygens (including phenoxy) is 2. The molecule has 2 N–H and O–H groups in total. The first-order valence-electron chi connectivity index (χ1n) is 12.0. The maximum Gasteiger partial charge on any atom is 0.255 e. The summed E-state index contributed by atoms with van der Waals surface area (Å²) in [4.78, 5) is 25.3. The summed E-state index contributed by atoms with van der Waals surface area (Å²) >= 11 is 6.94. The van der Waals surface area contributed by atoms with Crippen LogP contribution in [0, 0.1) is 0 Å². The Morgan fingerprint density at radius 2 is 1.06 bits per heavy atom. The van der Waals surface area contributed by atoms with Crippen molar-refractivity contribution in [3.63, 3.8) is 0 Å². The Balaban J connectivity index is 1.56. The van der Waals surface area contributed by atoms with E-state index in [0.717, 1.165) is 34.6 Å². The second-order valence-corrected chi connectivity index (χ2v) is 9.89. The number of unbranched alkanes of at least 4 members (excludes halogenated alkanes) is 2. The van der Waals surface area contributed by atoms with Gasteiger partial charge in [-0.2, -0.15) is 0 Å². The molecule has 2 amide bonds. The van der Waals surface area contributed by atoms with Gasteiger partial charge in [-0.05, 0) is 105 Å². The Kier molecular flexibility index (Phi) is 10.8. The smallest absolute Gasteiger partial charge is 0.255 e. The van der Waals surface area contributed by atoms with Gasteiger partial charge < -0.3 is 20.1 Å². The molecule has 0 atom stereocenters. The highest BCUT2D eigenvalue weighted by Crippen LogP contribution is 2.28. The lowest BCUT2D eigenvalue weighted by atomic mass is 10.2. The van der Waals surface area contributed by atoms with Gasteiger partial charge in [-0.25, -0.2) is 0 Å². The molecule has 0 saturated heterocycles. The summed E-state index contributed by atoms with van der Waals surface area (Å²) in [5.41, 5.74) is 2.26. The number of halogens is 2. The maximum atomic E-state index is 12.7. The number of amides is 2. The molecule has 36 heavy (non-hydrogen) atoms. The standard InChI is InChI=1S/C28H30Br2N2O4/c1-3-5-15-35-25-13-7-19(17-23(25)29)27(33)31-21-9-11-22(12-10-21)32-28(34)20-8-14-26(24(30)18-20)36-16-6-4-2/h7-14,17-18H,3-6,15-16H2,1-2H3,(H,31,33)(H,32,34). The summed E-state index contributed by atoms with van der Waals surface area (Å²) < 4.78 is 12.9. The van der Waals surface area contributed by atoms with Gasteiger partial charge in [-0.1, -0.05) is 26.7 Å². The van der Waals surface area contributed by atoms with Gasteiger partial charge in [0.1, 0.15) is 11.5 Å². The molecule has 0 spiro atoms. The van der Waals surface area contributed by atoms with Crippen LogP contribution < -0.4 is 20.1 Å². The number of anilines is 2. The van der Waals surface area contributed by atoms with E-state index in [1.54, 1.807) is 60.7 Å². The first-order valence-corrected chi connectivity index (χ1v) is 13.6. The topological polar surface area (TPSA) is 76.7 Å². The predicted octanol–water partition coefficient (Wildman–Crippen LogP) is 8.07. The zero-order chi connectivity index (χ0) is 25.9. The number of hydrogen-bond acceptors (Lipinski definition) is 4. The van der Waals surface area contributed by atoms with Crippen LogP contribution in [0.1, 0.15) is 60.2 Å². The maximum absolute atomic E-state index is 12.7. The van der Waals surface area contributed by atoms with Crippen LogP contribution in [0.25, 0.3) is 0 Å². The minimum absolute atomic E-state index is 0.237. The van der Waals surface area contributed by atoms with Crippen molar-refractivity contribution in [1.29, 1.82) is 0 Å². The average Bonchev–Trinajstić information content (AvgIpc) is 2.87. The monoisotopic (exact) mass is 616 g/mol. The van der Waals surface area contributed by atoms with E-state index in [-0.39, 0.29) is 11.8 Å². The van der Waals surface area contributed by atoms with E-state index in [2.05, 4.69) is 56.3 Å². The largest absolute Gasteiger partial charge is 0.492 e. The highest BCUT2D eigenvalue weighted by Gasteiger charge is 2.12. The first-order chi connectivity index (χ1) is 17.4. The third kappa shape index (κ3) is 8.10. The third-order valence-corrected chi connectivity index (χ3v) is 6.54. The number of hydrogen-bond donors (Lipinski definition) is 2. The number of rotatable bonds is 12. The molecule has 0 aliphatic carbocycles. The summed E-state index contributed by atoms with van der Waals surface area (Å²) in [7, 11) is 0. The summed E-state index contributed by atoms with van der Waals surface area (Å²) in [6, 6.07) is 17.5. The van der Waals surface area contributed by atoms with E-state index in [1.807, 2.05) is 0 Å². The second-order valence-electron chi connectivity index (χ2n) is 8.18. The summed E-state index contributed by atoms with van der Waals surface area (Å²) in [6.45, 7) is 5.49. The van der Waals surface area contributed by atoms with Crippen molar-refractivity contribution in [2.45, 2.75) is 39.5 Å². The van der Waals surface area contributed by atoms with Crippen LogP contribution in [-0.2, 0) is 0 Å². The zero-order valence-corrected chi connectivity index (χ0v) is 23.6. The Morgan fingerprint density at radius 3 is 1.39 bits per heavy atom. The molecule has 8 heteroatoms. The van der Waals surface area contributed by atoms with Gasteiger partial charge in [0.05, 0.1) is 22.2 Å². The molecule has 0 aliphatic heterocycles. The van der Waals surface area contributed by atoms with Crippen molar-refractivity contribution in [2.75, 3.05) is 23.8 Å². The lowest BCUT2D eigenvalue weighted by Crippen LogP contribution is -2.13. The van der Waals surface area contributed by atoms with Gasteiger partial charge in [0.15, 0.2) is 0 Å². The minimum atomic E-state index is -0.237. The molecule has 3 aromatic rings. The summed E-state index contributed by atoms with van der Waals surface area (Å²) in [6.07, 6.45) is 4.06. The summed E-state index contributed by atoms with van der Waals surface area (Å²) in [5, 5.41) is 5.74. The normalized spacial score (nSPS) is 10.6. The van der Waals surface area contributed by atoms with Crippen molar-refractivity contribution in [3.8, 4) is 11.5 Å². The van der Waals surface area contributed by atoms with Gasteiger partial charge in [0, 0.05) is 22.5 Å². The quantitative estimate of drug-likeness (QED) is 0.201. The molecular weight excluding hydrogens is 588 g/mol. The predicted molar refractivity (Wildman–Crippen MR) is 151 cm³/mol. The van der Waals surface area contributed by atoms with Crippen molar-refractivity contribution in [2.24, 2.45) is 0 Å². The SMILES string of the molecule is CCCCOc1ccc(C(=O)Nc2ccc(NC(=O)c3ccc(OCCCC)c(Br)c3)cc2)cc1Br. The Bertz CT molecular complexity index is 1090. The van der Waals surface area contributed by atoms with Crippen LogP contribution in [0.15, 0.2) is 69.6 Å². The Labute approximate surface area is 229 Å².